The van der Waals surface area contributed by atoms with Gasteiger partial charge in [0.05, 0.1) is 34.3 Å². The van der Waals surface area contributed by atoms with Crippen LogP contribution in [0.3, 0.4) is 0 Å². The van der Waals surface area contributed by atoms with Crippen LogP contribution in [0, 0.1) is 25.2 Å². The molecule has 2 N–H and O–H groups in total. The minimum absolute atomic E-state index is 0.0304. The number of carbonyl (C=O) groups excluding carboxylic acids is 3. The lowest BCUT2D eigenvalue weighted by Gasteiger charge is -2.37. The van der Waals surface area contributed by atoms with E-state index in [0.717, 1.165) is 22.7 Å². The molecular weight excluding hydrogens is 602 g/mol. The molecular formula is C32H32ClN5O5S. The molecule has 2 aliphatic heterocycles. The first-order valence-corrected chi connectivity index (χ1v) is 16.1. The highest BCUT2D eigenvalue weighted by Crippen LogP contribution is 2.38. The maximum absolute atomic E-state index is 14.3. The number of carbonyl (C=O) groups is 3. The second kappa shape index (κ2) is 12.7. The van der Waals surface area contributed by atoms with E-state index in [2.05, 4.69) is 16.7 Å². The van der Waals surface area contributed by atoms with Crippen molar-refractivity contribution < 1.29 is 22.8 Å². The van der Waals surface area contributed by atoms with Crippen LogP contribution in [0.1, 0.15) is 41.5 Å². The summed E-state index contributed by atoms with van der Waals surface area (Å²) >= 11 is 6.25. The van der Waals surface area contributed by atoms with Gasteiger partial charge in [-0.3, -0.25) is 18.7 Å². The Morgan fingerprint density at radius 3 is 2.43 bits per heavy atom. The van der Waals surface area contributed by atoms with Crippen LogP contribution in [-0.2, 0) is 30.8 Å². The zero-order valence-corrected chi connectivity index (χ0v) is 25.9. The Labute approximate surface area is 261 Å². The molecule has 12 heteroatoms. The maximum atomic E-state index is 14.3. The van der Waals surface area contributed by atoms with Crippen LogP contribution in [0.15, 0.2) is 65.6 Å². The number of likely N-dealkylation sites (tertiary alicyclic amines) is 1. The van der Waals surface area contributed by atoms with Crippen LogP contribution in [0.2, 0.25) is 5.02 Å². The predicted octanol–water partition coefficient (Wildman–Crippen LogP) is 4.08. The number of hydrogen-bond acceptors (Lipinski definition) is 6. The topological polar surface area (TPSA) is 140 Å². The largest absolute Gasteiger partial charge is 0.344 e. The minimum Gasteiger partial charge on any atom is -0.344 e. The van der Waals surface area contributed by atoms with E-state index in [4.69, 9.17) is 16.9 Å². The third-order valence-corrected chi connectivity index (χ3v) is 10.3. The number of nitrogens with zero attached hydrogens (tertiary/aromatic N) is 3. The first kappa shape index (κ1) is 31.0. The fourth-order valence-corrected chi connectivity index (χ4v) is 7.76. The molecule has 2 unspecified atom stereocenters. The number of halogens is 1. The summed E-state index contributed by atoms with van der Waals surface area (Å²) in [5.74, 6) is -1.57. The summed E-state index contributed by atoms with van der Waals surface area (Å²) in [7, 11) is -4.35. The molecule has 0 saturated carbocycles. The Morgan fingerprint density at radius 2 is 1.75 bits per heavy atom. The molecule has 3 aromatic carbocycles. The second-order valence-corrected chi connectivity index (χ2v) is 13.2. The number of rotatable bonds is 8. The smallest absolute Gasteiger partial charge is 0.265 e. The quantitative estimate of drug-likeness (QED) is 0.383. The SMILES string of the molecule is Cc1cc(S(=O)(=O)N2c3ccccc3NC(=O)C2CC(=O)NC(Cc2ccc(C#N)cc2)C(=O)N2CCCC2)c(C)cc1Cl. The molecule has 0 radical (unpaired) electrons. The van der Waals surface area contributed by atoms with Crippen molar-refractivity contribution in [2.24, 2.45) is 0 Å². The summed E-state index contributed by atoms with van der Waals surface area (Å²) in [6.07, 6.45) is 1.36. The number of amides is 3. The third-order valence-electron chi connectivity index (χ3n) is 7.93. The van der Waals surface area contributed by atoms with Gasteiger partial charge >= 0.3 is 0 Å². The summed E-state index contributed by atoms with van der Waals surface area (Å²) in [6.45, 7) is 4.46. The lowest BCUT2D eigenvalue weighted by molar-refractivity contribution is -0.135. The fourth-order valence-electron chi connectivity index (χ4n) is 5.61. The molecule has 2 atom stereocenters. The Morgan fingerprint density at radius 1 is 1.07 bits per heavy atom. The number of fused-ring (bicyclic) bond motifs is 1. The van der Waals surface area contributed by atoms with Crippen molar-refractivity contribution in [1.29, 1.82) is 5.26 Å². The van der Waals surface area contributed by atoms with Crippen LogP contribution in [-0.4, -0.2) is 56.2 Å². The van der Waals surface area contributed by atoms with Crippen LogP contribution in [0.25, 0.3) is 0 Å². The average molecular weight is 634 g/mol. The van der Waals surface area contributed by atoms with Crippen molar-refractivity contribution in [1.82, 2.24) is 10.2 Å². The van der Waals surface area contributed by atoms with Crippen molar-refractivity contribution in [2.45, 2.75) is 56.5 Å². The standard InChI is InChI=1S/C32H32ClN5O5S/c1-20-16-29(21(2)15-24(20)33)44(42,43)38-27-8-4-3-7-25(27)36-31(40)28(38)18-30(39)35-26(32(41)37-13-5-6-14-37)17-22-9-11-23(19-34)12-10-22/h3-4,7-12,15-16,26,28H,5-6,13-14,17-18H2,1-2H3,(H,35,39)(H,36,40). The van der Waals surface area contributed by atoms with Crippen LogP contribution >= 0.6 is 11.6 Å². The average Bonchev–Trinajstić information content (AvgIpc) is 3.54. The zero-order chi connectivity index (χ0) is 31.6. The lowest BCUT2D eigenvalue weighted by Crippen LogP contribution is -2.55. The molecule has 10 nitrogen and oxygen atoms in total. The van der Waals surface area contributed by atoms with Crippen LogP contribution in [0.4, 0.5) is 11.4 Å². The Hall–Kier alpha value is -4.40. The summed E-state index contributed by atoms with van der Waals surface area (Å²) in [5.41, 5.74) is 2.67. The molecule has 44 heavy (non-hydrogen) atoms. The Balaban J connectivity index is 1.47. The number of benzene rings is 3. The predicted molar refractivity (Wildman–Crippen MR) is 167 cm³/mol. The van der Waals surface area contributed by atoms with Crippen LogP contribution in [0.5, 0.6) is 0 Å². The summed E-state index contributed by atoms with van der Waals surface area (Å²) in [5, 5.41) is 15.1. The number of anilines is 2. The molecule has 5 rings (SSSR count). The fraction of sp³-hybridized carbons (Fsp3) is 0.312. The molecule has 0 bridgehead atoms. The normalized spacial score (nSPS) is 17.0. The van der Waals surface area contributed by atoms with Gasteiger partial charge in [0, 0.05) is 24.5 Å². The van der Waals surface area contributed by atoms with Gasteiger partial charge in [-0.2, -0.15) is 5.26 Å². The van der Waals surface area contributed by atoms with Crippen molar-refractivity contribution >= 4 is 50.7 Å². The van der Waals surface area contributed by atoms with Gasteiger partial charge in [0.15, 0.2) is 0 Å². The highest BCUT2D eigenvalue weighted by atomic mass is 35.5. The van der Waals surface area contributed by atoms with E-state index >= 15 is 0 Å². The number of hydrogen-bond donors (Lipinski definition) is 2. The van der Waals surface area contributed by atoms with Crippen LogP contribution < -0.4 is 14.9 Å². The van der Waals surface area contributed by atoms with Crippen molar-refractivity contribution in [3.63, 3.8) is 0 Å². The number of nitriles is 1. The highest BCUT2D eigenvalue weighted by Gasteiger charge is 2.43. The zero-order valence-electron chi connectivity index (χ0n) is 24.3. The molecule has 3 amide bonds. The number of aryl methyl sites for hydroxylation is 2. The van der Waals surface area contributed by atoms with E-state index in [-0.39, 0.29) is 22.9 Å². The highest BCUT2D eigenvalue weighted by molar-refractivity contribution is 7.93. The van der Waals surface area contributed by atoms with Crippen molar-refractivity contribution in [3.05, 3.63) is 87.9 Å². The molecule has 1 fully saturated rings. The van der Waals surface area contributed by atoms with Gasteiger partial charge in [-0.15, -0.1) is 0 Å². The van der Waals surface area contributed by atoms with E-state index in [1.54, 1.807) is 73.3 Å². The molecule has 3 aromatic rings. The first-order valence-electron chi connectivity index (χ1n) is 14.3. The number of sulfonamides is 1. The molecule has 228 valence electrons. The third kappa shape index (κ3) is 6.27. The molecule has 1 saturated heterocycles. The number of para-hydroxylation sites is 2. The lowest BCUT2D eigenvalue weighted by atomic mass is 10.0. The van der Waals surface area contributed by atoms with Gasteiger partial charge in [-0.25, -0.2) is 8.42 Å². The van der Waals surface area contributed by atoms with Crippen molar-refractivity contribution in [2.75, 3.05) is 22.7 Å². The second-order valence-electron chi connectivity index (χ2n) is 11.1. The van der Waals surface area contributed by atoms with Gasteiger partial charge < -0.3 is 15.5 Å². The van der Waals surface area contributed by atoms with E-state index in [1.807, 2.05) is 0 Å². The van der Waals surface area contributed by atoms with E-state index in [9.17, 15) is 22.8 Å². The van der Waals surface area contributed by atoms with Crippen molar-refractivity contribution in [3.8, 4) is 6.07 Å². The monoisotopic (exact) mass is 633 g/mol. The molecule has 2 aliphatic rings. The van der Waals surface area contributed by atoms with Gasteiger partial charge in [-0.05, 0) is 79.8 Å². The molecule has 0 spiro atoms. The molecule has 0 aromatic heterocycles. The van der Waals surface area contributed by atoms with Gasteiger partial charge in [-0.1, -0.05) is 35.9 Å². The Kier molecular flexibility index (Phi) is 8.95. The number of nitrogens with one attached hydrogen (secondary N) is 2. The summed E-state index contributed by atoms with van der Waals surface area (Å²) in [6, 6.07) is 15.9. The summed E-state index contributed by atoms with van der Waals surface area (Å²) < 4.78 is 29.5. The summed E-state index contributed by atoms with van der Waals surface area (Å²) in [4.78, 5) is 42.2. The van der Waals surface area contributed by atoms with Gasteiger partial charge in [0.1, 0.15) is 12.1 Å². The Bertz CT molecular complexity index is 1760. The minimum atomic E-state index is -4.35. The van der Waals surface area contributed by atoms with E-state index in [0.29, 0.717) is 40.5 Å². The van der Waals surface area contributed by atoms with E-state index in [1.165, 1.54) is 6.07 Å². The van der Waals surface area contributed by atoms with Gasteiger partial charge in [0.2, 0.25) is 17.7 Å². The maximum Gasteiger partial charge on any atom is 0.265 e. The molecule has 2 heterocycles. The van der Waals surface area contributed by atoms with E-state index < -0.39 is 40.3 Å². The molecule has 0 aliphatic carbocycles. The van der Waals surface area contributed by atoms with Gasteiger partial charge in [0.25, 0.3) is 10.0 Å². The first-order chi connectivity index (χ1) is 21.0.